The second-order valence-electron chi connectivity index (χ2n) is 12.7. The van der Waals surface area contributed by atoms with E-state index in [4.69, 9.17) is 0 Å². The molecule has 11 heteroatoms. The molecule has 4 aliphatic rings. The van der Waals surface area contributed by atoms with Crippen molar-refractivity contribution in [2.45, 2.75) is 89.1 Å². The minimum atomic E-state index is -3.28. The summed E-state index contributed by atoms with van der Waals surface area (Å²) < 4.78 is 61.5. The molecule has 238 valence electrons. The van der Waals surface area contributed by atoms with Crippen molar-refractivity contribution in [2.24, 2.45) is 5.92 Å². The van der Waals surface area contributed by atoms with Crippen molar-refractivity contribution in [1.29, 1.82) is 0 Å². The molecule has 3 aromatic rings. The van der Waals surface area contributed by atoms with E-state index < -0.39 is 40.1 Å². The molecule has 0 radical (unpaired) electrons. The van der Waals surface area contributed by atoms with Crippen LogP contribution in [0.1, 0.15) is 93.4 Å². The molecule has 7 nitrogen and oxygen atoms in total. The van der Waals surface area contributed by atoms with Gasteiger partial charge < -0.3 is 10.2 Å². The van der Waals surface area contributed by atoms with Gasteiger partial charge in [0.25, 0.3) is 11.5 Å². The average molecular weight is 630 g/mol. The summed E-state index contributed by atoms with van der Waals surface area (Å²) in [6.07, 6.45) is 8.28. The highest BCUT2D eigenvalue weighted by atomic mass is 32.2. The molecule has 0 unspecified atom stereocenters. The van der Waals surface area contributed by atoms with Gasteiger partial charge in [-0.3, -0.25) is 13.6 Å². The number of aryl methyl sites for hydroxylation is 1. The highest BCUT2D eigenvalue weighted by molar-refractivity contribution is 7.85. The third-order valence-corrected chi connectivity index (χ3v) is 11.3. The van der Waals surface area contributed by atoms with Gasteiger partial charge in [-0.2, -0.15) is 0 Å². The second kappa shape index (κ2) is 13.3. The number of alkyl halides is 2. The Labute approximate surface area is 259 Å². The number of fused-ring (bicyclic) bond motifs is 9. The Hall–Kier alpha value is -2.79. The van der Waals surface area contributed by atoms with Crippen molar-refractivity contribution in [1.82, 2.24) is 19.4 Å². The third kappa shape index (κ3) is 6.32. The van der Waals surface area contributed by atoms with Crippen LogP contribution in [0.15, 0.2) is 35.4 Å². The molecule has 2 saturated heterocycles. The van der Waals surface area contributed by atoms with E-state index in [9.17, 15) is 9.00 Å². The Morgan fingerprint density at radius 3 is 2.39 bits per heavy atom. The van der Waals surface area contributed by atoms with Gasteiger partial charge in [-0.1, -0.05) is 37.5 Å². The van der Waals surface area contributed by atoms with E-state index in [1.165, 1.54) is 24.5 Å². The summed E-state index contributed by atoms with van der Waals surface area (Å²) in [7, 11) is -0.863. The van der Waals surface area contributed by atoms with Gasteiger partial charge in [0.2, 0.25) is 0 Å². The zero-order valence-corrected chi connectivity index (χ0v) is 26.2. The normalized spacial score (nSPS) is 28.3. The van der Waals surface area contributed by atoms with Crippen molar-refractivity contribution in [3.05, 3.63) is 63.5 Å². The number of nitrogens with zero attached hydrogens (tertiary/aromatic N) is 4. The number of pyridine rings is 1. The topological polar surface area (TPSA) is 80.1 Å². The maximum absolute atomic E-state index is 16.0. The van der Waals surface area contributed by atoms with Crippen LogP contribution in [0, 0.1) is 11.7 Å². The quantitative estimate of drug-likeness (QED) is 0.331. The maximum atomic E-state index is 16.0. The van der Waals surface area contributed by atoms with Gasteiger partial charge in [0.15, 0.2) is 0 Å². The van der Waals surface area contributed by atoms with Crippen LogP contribution in [-0.2, 0) is 23.3 Å². The predicted molar refractivity (Wildman–Crippen MR) is 168 cm³/mol. The van der Waals surface area contributed by atoms with Crippen LogP contribution in [0.2, 0.25) is 0 Å². The molecule has 4 aliphatic heterocycles. The van der Waals surface area contributed by atoms with Crippen LogP contribution >= 0.6 is 0 Å². The summed E-state index contributed by atoms with van der Waals surface area (Å²) in [5.74, 6) is -3.54. The Balaban J connectivity index is 1.41. The van der Waals surface area contributed by atoms with Crippen LogP contribution in [-0.4, -0.2) is 54.8 Å². The monoisotopic (exact) mass is 629 g/mol. The van der Waals surface area contributed by atoms with Crippen molar-refractivity contribution >= 4 is 27.7 Å². The largest absolute Gasteiger partial charge is 0.363 e. The van der Waals surface area contributed by atoms with Crippen LogP contribution in [0.25, 0.3) is 11.0 Å². The average Bonchev–Trinajstić information content (AvgIpc) is 3.01. The second-order valence-corrected chi connectivity index (χ2v) is 14.4. The fraction of sp³-hybridized carbons (Fsp3) is 0.606. The number of hydrogen-bond donors (Lipinski definition) is 1. The third-order valence-electron chi connectivity index (χ3n) is 9.90. The van der Waals surface area contributed by atoms with Gasteiger partial charge in [0.1, 0.15) is 23.6 Å². The highest BCUT2D eigenvalue weighted by Gasteiger charge is 2.45. The lowest BCUT2D eigenvalue weighted by Gasteiger charge is -2.36. The van der Waals surface area contributed by atoms with Crippen LogP contribution in [0.3, 0.4) is 0 Å². The Morgan fingerprint density at radius 1 is 0.932 bits per heavy atom. The first kappa shape index (κ1) is 31.2. The van der Waals surface area contributed by atoms with Crippen molar-refractivity contribution in [3.63, 3.8) is 0 Å². The minimum absolute atomic E-state index is 0.0162. The highest BCUT2D eigenvalue weighted by Crippen LogP contribution is 2.44. The molecule has 0 aliphatic carbocycles. The van der Waals surface area contributed by atoms with Gasteiger partial charge in [-0.15, -0.1) is 0 Å². The van der Waals surface area contributed by atoms with Crippen LogP contribution in [0.5, 0.6) is 0 Å². The summed E-state index contributed by atoms with van der Waals surface area (Å²) in [6, 6.07) is 5.42. The fourth-order valence-corrected chi connectivity index (χ4v) is 8.52. The summed E-state index contributed by atoms with van der Waals surface area (Å²) in [4.78, 5) is 25.1. The van der Waals surface area contributed by atoms with Crippen molar-refractivity contribution in [2.75, 3.05) is 36.5 Å². The molecule has 1 atom stereocenters. The number of benzene rings is 1. The van der Waals surface area contributed by atoms with E-state index in [-0.39, 0.29) is 17.0 Å². The van der Waals surface area contributed by atoms with Crippen molar-refractivity contribution in [3.8, 4) is 0 Å². The predicted octanol–water partition coefficient (Wildman–Crippen LogP) is 6.50. The smallest absolute Gasteiger partial charge is 0.278 e. The minimum Gasteiger partial charge on any atom is -0.363 e. The number of hydrogen-bond acceptors (Lipinski definition) is 6. The van der Waals surface area contributed by atoms with E-state index >= 15 is 13.2 Å². The molecular formula is C33H42F3N5O2S. The van der Waals surface area contributed by atoms with Gasteiger partial charge >= 0.3 is 0 Å². The molecule has 44 heavy (non-hydrogen) atoms. The SMILES string of the molecule is C[C@H]1Nc2ncnc3c2cc(C2CCS(=O)CC2)c(=O)n3CCCCCCCN2CCC(CC2)C(F)(F)c2cccc1c2F. The Bertz CT molecular complexity index is 1560. The van der Waals surface area contributed by atoms with Gasteiger partial charge in [-0.05, 0) is 77.1 Å². The molecule has 1 N–H and O–H groups in total. The number of rotatable bonds is 1. The molecule has 1 aromatic carbocycles. The Kier molecular flexibility index (Phi) is 9.42. The number of halogens is 3. The van der Waals surface area contributed by atoms with E-state index in [0.29, 0.717) is 79.2 Å². The lowest BCUT2D eigenvalue weighted by molar-refractivity contribution is -0.0880. The summed E-state index contributed by atoms with van der Waals surface area (Å²) in [6.45, 7) is 4.33. The molecule has 0 amide bonds. The maximum Gasteiger partial charge on any atom is 0.278 e. The standard InChI is InChI=1S/C33H42F3N5O2S/c1-22-25-8-7-9-28(29(25)34)33(35,36)24-10-16-40(17-11-24)14-5-3-2-4-6-15-41-31-27(30(39-22)37-21-38-31)20-26(32(41)42)23-12-18-44(43)19-13-23/h7-9,20-24H,2-6,10-19H2,1H3,(H,37,38,39)/t22-,23?,44?/m1/s1. The van der Waals surface area contributed by atoms with Gasteiger partial charge in [0.05, 0.1) is 17.0 Å². The Morgan fingerprint density at radius 2 is 1.64 bits per heavy atom. The number of piperidine rings is 1. The molecule has 0 saturated carbocycles. The summed E-state index contributed by atoms with van der Waals surface area (Å²) >= 11 is 0. The zero-order chi connectivity index (χ0) is 30.8. The van der Waals surface area contributed by atoms with E-state index in [1.54, 1.807) is 11.5 Å². The molecule has 0 spiro atoms. The molecule has 2 aromatic heterocycles. The number of anilines is 1. The van der Waals surface area contributed by atoms with E-state index in [0.717, 1.165) is 38.6 Å². The van der Waals surface area contributed by atoms with E-state index in [1.807, 2.05) is 6.07 Å². The van der Waals surface area contributed by atoms with Gasteiger partial charge in [0, 0.05) is 45.9 Å². The lowest BCUT2D eigenvalue weighted by atomic mass is 9.85. The summed E-state index contributed by atoms with van der Waals surface area (Å²) in [5, 5.41) is 3.91. The molecule has 6 heterocycles. The zero-order valence-electron chi connectivity index (χ0n) is 25.4. The summed E-state index contributed by atoms with van der Waals surface area (Å²) in [5.41, 5.74) is 0.678. The first-order valence-electron chi connectivity index (χ1n) is 16.1. The molecule has 8 bridgehead atoms. The number of aromatic nitrogens is 3. The lowest BCUT2D eigenvalue weighted by Crippen LogP contribution is -2.40. The number of nitrogens with one attached hydrogen (secondary N) is 1. The molecule has 7 rings (SSSR count). The van der Waals surface area contributed by atoms with Crippen LogP contribution < -0.4 is 10.9 Å². The van der Waals surface area contributed by atoms with Crippen LogP contribution in [0.4, 0.5) is 19.0 Å². The molecular weight excluding hydrogens is 587 g/mol. The molecule has 2 fully saturated rings. The van der Waals surface area contributed by atoms with Crippen molar-refractivity contribution < 1.29 is 17.4 Å². The fourth-order valence-electron chi connectivity index (χ4n) is 7.22. The first-order chi connectivity index (χ1) is 21.2. The first-order valence-corrected chi connectivity index (χ1v) is 17.6. The van der Waals surface area contributed by atoms with Gasteiger partial charge in [-0.25, -0.2) is 23.1 Å². The van der Waals surface area contributed by atoms with E-state index in [2.05, 4.69) is 20.2 Å².